The number of halogens is 1. The lowest BCUT2D eigenvalue weighted by molar-refractivity contribution is 0.416. The minimum absolute atomic E-state index is 0.207. The van der Waals surface area contributed by atoms with Crippen LogP contribution in [0.2, 0.25) is 0 Å². The van der Waals surface area contributed by atoms with Crippen molar-refractivity contribution in [3.05, 3.63) is 47.3 Å². The fourth-order valence-corrected chi connectivity index (χ4v) is 1.91. The maximum Gasteiger partial charge on any atom is 0.148 e. The Balaban J connectivity index is 2.46. The van der Waals surface area contributed by atoms with Gasteiger partial charge in [0.1, 0.15) is 17.6 Å². The van der Waals surface area contributed by atoms with Gasteiger partial charge >= 0.3 is 0 Å². The molecule has 0 saturated heterocycles. The van der Waals surface area contributed by atoms with Gasteiger partial charge in [0.05, 0.1) is 29.7 Å². The van der Waals surface area contributed by atoms with Gasteiger partial charge in [-0.3, -0.25) is 0 Å². The molecule has 0 amide bonds. The van der Waals surface area contributed by atoms with Gasteiger partial charge in [0.15, 0.2) is 0 Å². The van der Waals surface area contributed by atoms with Gasteiger partial charge in [-0.15, -0.1) is 0 Å². The molecule has 0 aliphatic rings. The summed E-state index contributed by atoms with van der Waals surface area (Å²) in [5.74, 6) is -0.131. The van der Waals surface area contributed by atoms with Crippen LogP contribution in [0.1, 0.15) is 11.1 Å². The molecule has 2 aromatic rings. The van der Waals surface area contributed by atoms with Crippen LogP contribution in [0.15, 0.2) is 30.3 Å². The van der Waals surface area contributed by atoms with Crippen LogP contribution in [-0.2, 0) is 0 Å². The van der Waals surface area contributed by atoms with E-state index in [9.17, 15) is 4.39 Å². The third kappa shape index (κ3) is 2.50. The van der Waals surface area contributed by atoms with E-state index in [1.807, 2.05) is 13.0 Å². The molecule has 3 N–H and O–H groups in total. The third-order valence-electron chi connectivity index (χ3n) is 2.97. The molecular formula is C15H14FN3O. The first-order valence-corrected chi connectivity index (χ1v) is 5.96. The van der Waals surface area contributed by atoms with Crippen LogP contribution in [-0.4, -0.2) is 7.11 Å². The van der Waals surface area contributed by atoms with Crippen LogP contribution in [0, 0.1) is 24.1 Å². The number of nitrogens with one attached hydrogen (secondary N) is 1. The number of nitrogens with zero attached hydrogens (tertiary/aromatic N) is 1. The van der Waals surface area contributed by atoms with E-state index in [1.165, 1.54) is 19.2 Å². The Hall–Kier alpha value is -2.74. The van der Waals surface area contributed by atoms with Crippen LogP contribution in [0.4, 0.5) is 21.5 Å². The van der Waals surface area contributed by atoms with Crippen molar-refractivity contribution in [2.75, 3.05) is 18.2 Å². The minimum atomic E-state index is -0.506. The Morgan fingerprint density at radius 2 is 2.05 bits per heavy atom. The Kier molecular flexibility index (Phi) is 3.76. The number of hydrogen-bond acceptors (Lipinski definition) is 4. The van der Waals surface area contributed by atoms with Crippen LogP contribution in [0.3, 0.4) is 0 Å². The Morgan fingerprint density at radius 1 is 1.30 bits per heavy atom. The Bertz CT molecular complexity index is 692. The molecule has 0 unspecified atom stereocenters. The predicted octanol–water partition coefficient (Wildman–Crippen LogP) is 3.34. The van der Waals surface area contributed by atoms with Crippen molar-refractivity contribution in [3.63, 3.8) is 0 Å². The summed E-state index contributed by atoms with van der Waals surface area (Å²) in [5, 5.41) is 12.1. The number of benzene rings is 2. The van der Waals surface area contributed by atoms with Gasteiger partial charge in [-0.05, 0) is 18.6 Å². The molecule has 2 rings (SSSR count). The van der Waals surface area contributed by atoms with Crippen molar-refractivity contribution < 1.29 is 9.13 Å². The number of nitrogens with two attached hydrogens (primary N) is 1. The minimum Gasteiger partial charge on any atom is -0.495 e. The number of nitriles is 1. The topological polar surface area (TPSA) is 71.1 Å². The monoisotopic (exact) mass is 271 g/mol. The zero-order valence-corrected chi connectivity index (χ0v) is 11.2. The molecule has 0 aromatic heterocycles. The lowest BCUT2D eigenvalue weighted by Crippen LogP contribution is -2.00. The van der Waals surface area contributed by atoms with Gasteiger partial charge in [0, 0.05) is 12.1 Å². The summed E-state index contributed by atoms with van der Waals surface area (Å²) < 4.78 is 19.0. The molecule has 0 spiro atoms. The third-order valence-corrected chi connectivity index (χ3v) is 2.97. The summed E-state index contributed by atoms with van der Waals surface area (Å²) in [5.41, 5.74) is 7.89. The molecule has 5 heteroatoms. The summed E-state index contributed by atoms with van der Waals surface area (Å²) in [4.78, 5) is 0. The van der Waals surface area contributed by atoms with Crippen LogP contribution >= 0.6 is 0 Å². The first kappa shape index (κ1) is 13.7. The number of hydrogen-bond donors (Lipinski definition) is 2. The number of aryl methyl sites for hydroxylation is 1. The molecule has 0 atom stereocenters. The number of anilines is 3. The van der Waals surface area contributed by atoms with E-state index < -0.39 is 5.82 Å². The molecule has 20 heavy (non-hydrogen) atoms. The first-order chi connectivity index (χ1) is 9.56. The molecule has 0 heterocycles. The van der Waals surface area contributed by atoms with Crippen molar-refractivity contribution in [2.24, 2.45) is 0 Å². The summed E-state index contributed by atoms with van der Waals surface area (Å²) in [6, 6.07) is 10.1. The molecular weight excluding hydrogens is 257 g/mol. The number of ether oxygens (including phenoxy) is 1. The van der Waals surface area contributed by atoms with Gasteiger partial charge in [-0.25, -0.2) is 4.39 Å². The molecule has 0 fully saturated rings. The zero-order valence-electron chi connectivity index (χ0n) is 11.2. The molecule has 0 aliphatic heterocycles. The van der Waals surface area contributed by atoms with E-state index in [0.29, 0.717) is 17.0 Å². The molecule has 102 valence electrons. The number of nitrogen functional groups attached to an aromatic ring is 1. The van der Waals surface area contributed by atoms with E-state index in [4.69, 9.17) is 15.7 Å². The van der Waals surface area contributed by atoms with E-state index in [1.54, 1.807) is 12.1 Å². The van der Waals surface area contributed by atoms with Crippen molar-refractivity contribution >= 4 is 17.1 Å². The van der Waals surface area contributed by atoms with E-state index in [0.717, 1.165) is 5.56 Å². The van der Waals surface area contributed by atoms with Crippen LogP contribution < -0.4 is 15.8 Å². The Labute approximate surface area is 116 Å². The normalized spacial score (nSPS) is 9.90. The smallest absolute Gasteiger partial charge is 0.148 e. The molecule has 0 saturated carbocycles. The van der Waals surface area contributed by atoms with Gasteiger partial charge in [0.25, 0.3) is 0 Å². The standard InChI is InChI=1S/C15H14FN3O/c1-9-4-3-5-13(10(9)8-17)19-14-7-15(20-2)12(18)6-11(14)16/h3-7,19H,18H2,1-2H3. The molecule has 0 aliphatic carbocycles. The highest BCUT2D eigenvalue weighted by Crippen LogP contribution is 2.31. The second-order valence-corrected chi connectivity index (χ2v) is 4.31. The van der Waals surface area contributed by atoms with E-state index in [2.05, 4.69) is 11.4 Å². The molecule has 2 aromatic carbocycles. The second kappa shape index (κ2) is 5.49. The fraction of sp³-hybridized carbons (Fsp3) is 0.133. The van der Waals surface area contributed by atoms with Crippen LogP contribution in [0.25, 0.3) is 0 Å². The summed E-state index contributed by atoms with van der Waals surface area (Å²) in [7, 11) is 1.46. The predicted molar refractivity (Wildman–Crippen MR) is 76.5 cm³/mol. The summed E-state index contributed by atoms with van der Waals surface area (Å²) in [6.45, 7) is 1.82. The Morgan fingerprint density at radius 3 is 2.70 bits per heavy atom. The maximum atomic E-state index is 13.9. The SMILES string of the molecule is COc1cc(Nc2cccc(C)c2C#N)c(F)cc1N. The zero-order chi connectivity index (χ0) is 14.7. The van der Waals surface area contributed by atoms with Crippen molar-refractivity contribution in [3.8, 4) is 11.8 Å². The average molecular weight is 271 g/mol. The van der Waals surface area contributed by atoms with Crippen LogP contribution in [0.5, 0.6) is 5.75 Å². The maximum absolute atomic E-state index is 13.9. The van der Waals surface area contributed by atoms with E-state index >= 15 is 0 Å². The highest BCUT2D eigenvalue weighted by atomic mass is 19.1. The number of rotatable bonds is 3. The average Bonchev–Trinajstić information content (AvgIpc) is 2.42. The summed E-state index contributed by atoms with van der Waals surface area (Å²) in [6.07, 6.45) is 0. The van der Waals surface area contributed by atoms with Crippen molar-refractivity contribution in [2.45, 2.75) is 6.92 Å². The van der Waals surface area contributed by atoms with Crippen molar-refractivity contribution in [1.29, 1.82) is 5.26 Å². The number of methoxy groups -OCH3 is 1. The molecule has 0 radical (unpaired) electrons. The fourth-order valence-electron chi connectivity index (χ4n) is 1.91. The largest absolute Gasteiger partial charge is 0.495 e. The van der Waals surface area contributed by atoms with Gasteiger partial charge < -0.3 is 15.8 Å². The highest BCUT2D eigenvalue weighted by Gasteiger charge is 2.11. The van der Waals surface area contributed by atoms with E-state index in [-0.39, 0.29) is 11.4 Å². The van der Waals surface area contributed by atoms with Gasteiger partial charge in [-0.2, -0.15) is 5.26 Å². The van der Waals surface area contributed by atoms with Gasteiger partial charge in [0.2, 0.25) is 0 Å². The second-order valence-electron chi connectivity index (χ2n) is 4.31. The lowest BCUT2D eigenvalue weighted by atomic mass is 10.1. The summed E-state index contributed by atoms with van der Waals surface area (Å²) >= 11 is 0. The molecule has 0 bridgehead atoms. The van der Waals surface area contributed by atoms with Crippen molar-refractivity contribution in [1.82, 2.24) is 0 Å². The molecule has 4 nitrogen and oxygen atoms in total. The van der Waals surface area contributed by atoms with Gasteiger partial charge in [-0.1, -0.05) is 12.1 Å². The highest BCUT2D eigenvalue weighted by molar-refractivity contribution is 5.71. The lowest BCUT2D eigenvalue weighted by Gasteiger charge is -2.13. The first-order valence-electron chi connectivity index (χ1n) is 5.96. The quantitative estimate of drug-likeness (QED) is 0.840.